The number of amides is 1. The van der Waals surface area contributed by atoms with Gasteiger partial charge in [-0.25, -0.2) is 0 Å². The fraction of sp³-hybridized carbons (Fsp3) is 0.714. The second-order valence-electron chi connectivity index (χ2n) is 2.86. The van der Waals surface area contributed by atoms with Crippen molar-refractivity contribution in [2.75, 3.05) is 6.54 Å². The molecule has 1 saturated heterocycles. The van der Waals surface area contributed by atoms with Gasteiger partial charge >= 0.3 is 5.97 Å². The zero-order valence-electron chi connectivity index (χ0n) is 6.83. The van der Waals surface area contributed by atoms with Gasteiger partial charge in [-0.3, -0.25) is 9.59 Å². The van der Waals surface area contributed by atoms with E-state index < -0.39 is 12.0 Å². The Kier molecular flexibility index (Phi) is 2.65. The number of carbonyl (C=O) groups excluding carboxylic acids is 1. The van der Waals surface area contributed by atoms with Gasteiger partial charge in [-0.2, -0.15) is 0 Å². The first kappa shape index (κ1) is 8.99. The van der Waals surface area contributed by atoms with Crippen LogP contribution in [-0.4, -0.2) is 35.6 Å². The second-order valence-corrected chi connectivity index (χ2v) is 2.86. The van der Waals surface area contributed by atoms with E-state index >= 15 is 0 Å². The average molecular weight is 172 g/mol. The maximum atomic E-state index is 11.1. The zero-order valence-corrected chi connectivity index (χ0v) is 6.83. The summed E-state index contributed by atoms with van der Waals surface area (Å²) in [5.41, 5.74) is 0. The number of nitrogens with one attached hydrogen (secondary N) is 2. The second kappa shape index (κ2) is 3.53. The average Bonchev–Trinajstić information content (AvgIpc) is 1.82. The van der Waals surface area contributed by atoms with Gasteiger partial charge in [0.2, 0.25) is 5.91 Å². The van der Waals surface area contributed by atoms with Gasteiger partial charge in [0.25, 0.3) is 0 Å². The lowest BCUT2D eigenvalue weighted by atomic mass is 10.1. The molecule has 5 heteroatoms. The van der Waals surface area contributed by atoms with Crippen LogP contribution in [-0.2, 0) is 9.59 Å². The summed E-state index contributed by atoms with van der Waals surface area (Å²) < 4.78 is 0. The van der Waals surface area contributed by atoms with Crippen molar-refractivity contribution in [2.24, 2.45) is 0 Å². The minimum atomic E-state index is -1.01. The van der Waals surface area contributed by atoms with Crippen LogP contribution >= 0.6 is 0 Å². The molecule has 1 aliphatic rings. The first-order valence-electron chi connectivity index (χ1n) is 3.88. The Morgan fingerprint density at radius 1 is 1.67 bits per heavy atom. The maximum Gasteiger partial charge on any atom is 0.325 e. The molecule has 0 radical (unpaired) electrons. The number of carbonyl (C=O) groups is 2. The van der Waals surface area contributed by atoms with Gasteiger partial charge < -0.3 is 15.7 Å². The summed E-state index contributed by atoms with van der Waals surface area (Å²) in [4.78, 5) is 21.4. The van der Waals surface area contributed by atoms with Crippen LogP contribution in [0.25, 0.3) is 0 Å². The van der Waals surface area contributed by atoms with Gasteiger partial charge in [0, 0.05) is 0 Å². The number of rotatable bonds is 3. The molecule has 1 heterocycles. The zero-order chi connectivity index (χ0) is 9.14. The van der Waals surface area contributed by atoms with Crippen LogP contribution in [0.15, 0.2) is 0 Å². The van der Waals surface area contributed by atoms with Crippen molar-refractivity contribution in [3.8, 4) is 0 Å². The third-order valence-corrected chi connectivity index (χ3v) is 1.87. The SMILES string of the molecule is C[C@@H](NC(=O)C1CCN1)C(=O)O. The van der Waals surface area contributed by atoms with Gasteiger partial charge in [0.1, 0.15) is 6.04 Å². The molecular weight excluding hydrogens is 160 g/mol. The highest BCUT2D eigenvalue weighted by Crippen LogP contribution is 2.01. The molecule has 1 fully saturated rings. The van der Waals surface area contributed by atoms with Crippen molar-refractivity contribution in [2.45, 2.75) is 25.4 Å². The Hall–Kier alpha value is -1.10. The molecule has 1 aliphatic heterocycles. The van der Waals surface area contributed by atoms with E-state index in [0.29, 0.717) is 0 Å². The first-order valence-corrected chi connectivity index (χ1v) is 3.88. The summed E-state index contributed by atoms with van der Waals surface area (Å²) in [6.07, 6.45) is 0.790. The van der Waals surface area contributed by atoms with Gasteiger partial charge in [0.15, 0.2) is 0 Å². The molecule has 12 heavy (non-hydrogen) atoms. The summed E-state index contributed by atoms with van der Waals surface area (Å²) in [6, 6.07) is -0.994. The predicted octanol–water partition coefficient (Wildman–Crippen LogP) is -1.06. The molecule has 3 N–H and O–H groups in total. The molecular formula is C7H12N2O3. The van der Waals surface area contributed by atoms with Crippen molar-refractivity contribution >= 4 is 11.9 Å². The summed E-state index contributed by atoms with van der Waals surface area (Å²) in [6.45, 7) is 2.28. The van der Waals surface area contributed by atoms with Crippen molar-refractivity contribution in [1.82, 2.24) is 10.6 Å². The van der Waals surface area contributed by atoms with E-state index in [1.807, 2.05) is 0 Å². The predicted molar refractivity (Wildman–Crippen MR) is 41.6 cm³/mol. The van der Waals surface area contributed by atoms with E-state index in [1.165, 1.54) is 6.92 Å². The summed E-state index contributed by atoms with van der Waals surface area (Å²) in [5, 5.41) is 13.7. The van der Waals surface area contributed by atoms with E-state index in [2.05, 4.69) is 10.6 Å². The monoisotopic (exact) mass is 172 g/mol. The van der Waals surface area contributed by atoms with Crippen LogP contribution in [0.1, 0.15) is 13.3 Å². The standard InChI is InChI=1S/C7H12N2O3/c1-4(7(11)12)9-6(10)5-2-3-8-5/h4-5,8H,2-3H2,1H3,(H,9,10)(H,11,12)/t4-,5?/m1/s1. The topological polar surface area (TPSA) is 78.4 Å². The van der Waals surface area contributed by atoms with Crippen LogP contribution in [0.3, 0.4) is 0 Å². The van der Waals surface area contributed by atoms with Crippen LogP contribution in [0.4, 0.5) is 0 Å². The van der Waals surface area contributed by atoms with Crippen LogP contribution in [0.5, 0.6) is 0 Å². The highest BCUT2D eigenvalue weighted by atomic mass is 16.4. The number of carboxylic acids is 1. The molecule has 0 spiro atoms. The van der Waals surface area contributed by atoms with Crippen LogP contribution in [0, 0.1) is 0 Å². The lowest BCUT2D eigenvalue weighted by Gasteiger charge is -2.27. The van der Waals surface area contributed by atoms with Gasteiger partial charge in [-0.1, -0.05) is 0 Å². The molecule has 0 aromatic rings. The minimum absolute atomic E-state index is 0.188. The van der Waals surface area contributed by atoms with E-state index in [1.54, 1.807) is 0 Å². The summed E-state index contributed by atoms with van der Waals surface area (Å²) in [7, 11) is 0. The highest BCUT2D eigenvalue weighted by Gasteiger charge is 2.26. The molecule has 1 rings (SSSR count). The smallest absolute Gasteiger partial charge is 0.325 e. The molecule has 1 unspecified atom stereocenters. The van der Waals surface area contributed by atoms with Gasteiger partial charge in [0.05, 0.1) is 6.04 Å². The van der Waals surface area contributed by atoms with E-state index in [0.717, 1.165) is 13.0 Å². The fourth-order valence-corrected chi connectivity index (χ4v) is 0.888. The van der Waals surface area contributed by atoms with Crippen molar-refractivity contribution < 1.29 is 14.7 Å². The Morgan fingerprint density at radius 3 is 2.58 bits per heavy atom. The summed E-state index contributed by atoms with van der Waals surface area (Å²) in [5.74, 6) is -1.24. The minimum Gasteiger partial charge on any atom is -0.480 e. The Bertz CT molecular complexity index is 201. The first-order chi connectivity index (χ1) is 5.61. The lowest BCUT2D eigenvalue weighted by Crippen LogP contribution is -2.55. The number of carboxylic acid groups (broad SMARTS) is 1. The van der Waals surface area contributed by atoms with E-state index in [4.69, 9.17) is 5.11 Å². The largest absolute Gasteiger partial charge is 0.480 e. The Balaban J connectivity index is 2.29. The molecule has 0 bridgehead atoms. The molecule has 5 nitrogen and oxygen atoms in total. The van der Waals surface area contributed by atoms with Gasteiger partial charge in [-0.05, 0) is 19.9 Å². The van der Waals surface area contributed by atoms with Crippen LogP contribution < -0.4 is 10.6 Å². The summed E-state index contributed by atoms with van der Waals surface area (Å²) >= 11 is 0. The highest BCUT2D eigenvalue weighted by molar-refractivity contribution is 5.87. The van der Waals surface area contributed by atoms with Crippen molar-refractivity contribution in [1.29, 1.82) is 0 Å². The Morgan fingerprint density at radius 2 is 2.25 bits per heavy atom. The molecule has 0 aromatic heterocycles. The molecule has 0 aliphatic carbocycles. The number of aliphatic carboxylic acids is 1. The Labute approximate surface area is 70.1 Å². The van der Waals surface area contributed by atoms with E-state index in [9.17, 15) is 9.59 Å². The fourth-order valence-electron chi connectivity index (χ4n) is 0.888. The molecule has 0 saturated carbocycles. The van der Waals surface area contributed by atoms with Crippen molar-refractivity contribution in [3.05, 3.63) is 0 Å². The maximum absolute atomic E-state index is 11.1. The normalized spacial score (nSPS) is 23.9. The van der Waals surface area contributed by atoms with Gasteiger partial charge in [-0.15, -0.1) is 0 Å². The quantitative estimate of drug-likeness (QED) is 0.507. The van der Waals surface area contributed by atoms with Crippen LogP contribution in [0.2, 0.25) is 0 Å². The molecule has 68 valence electrons. The third-order valence-electron chi connectivity index (χ3n) is 1.87. The molecule has 1 amide bonds. The van der Waals surface area contributed by atoms with Crippen molar-refractivity contribution in [3.63, 3.8) is 0 Å². The molecule has 0 aromatic carbocycles. The van der Waals surface area contributed by atoms with E-state index in [-0.39, 0.29) is 11.9 Å². The molecule has 2 atom stereocenters. The number of hydrogen-bond acceptors (Lipinski definition) is 3. The third kappa shape index (κ3) is 1.94. The lowest BCUT2D eigenvalue weighted by molar-refractivity contribution is -0.141. The number of hydrogen-bond donors (Lipinski definition) is 3.